The van der Waals surface area contributed by atoms with Gasteiger partial charge in [-0.2, -0.15) is 4.98 Å². The number of hydrogen-bond acceptors (Lipinski definition) is 6. The van der Waals surface area contributed by atoms with E-state index in [1.165, 1.54) is 11.6 Å². The van der Waals surface area contributed by atoms with Crippen LogP contribution in [0.3, 0.4) is 0 Å². The lowest BCUT2D eigenvalue weighted by atomic mass is 10.2. The summed E-state index contributed by atoms with van der Waals surface area (Å²) in [7, 11) is 1.52. The highest BCUT2D eigenvalue weighted by Gasteiger charge is 2.22. The number of nitrogens with one attached hydrogen (secondary N) is 1. The molecular weight excluding hydrogens is 486 g/mol. The van der Waals surface area contributed by atoms with Crippen molar-refractivity contribution in [1.29, 1.82) is 0 Å². The number of amides is 1. The molecule has 0 unspecified atom stereocenters. The van der Waals surface area contributed by atoms with Gasteiger partial charge in [-0.15, -0.1) is 0 Å². The van der Waals surface area contributed by atoms with Gasteiger partial charge in [0.25, 0.3) is 5.56 Å². The van der Waals surface area contributed by atoms with E-state index in [-0.39, 0.29) is 49.2 Å². The third-order valence-electron chi connectivity index (χ3n) is 5.49. The fourth-order valence-corrected chi connectivity index (χ4v) is 3.84. The van der Waals surface area contributed by atoms with E-state index in [0.717, 1.165) is 16.2 Å². The Balaban J connectivity index is 1.87. The lowest BCUT2D eigenvalue weighted by molar-refractivity contribution is -0.111. The van der Waals surface area contributed by atoms with Gasteiger partial charge in [0.1, 0.15) is 5.75 Å². The molecule has 2 heterocycles. The Kier molecular flexibility index (Phi) is 7.37. The lowest BCUT2D eigenvalue weighted by Crippen LogP contribution is -2.39. The van der Waals surface area contributed by atoms with Gasteiger partial charge in [0.2, 0.25) is 5.91 Å². The third kappa shape index (κ3) is 5.09. The number of imidazole rings is 1. The summed E-state index contributed by atoms with van der Waals surface area (Å²) < 4.78 is 10.0. The predicted molar refractivity (Wildman–Crippen MR) is 137 cm³/mol. The molecular formula is C25H24ClN5O5. The van der Waals surface area contributed by atoms with E-state index in [4.69, 9.17) is 16.3 Å². The molecule has 0 fully saturated rings. The number of hydrogen-bond donors (Lipinski definition) is 2. The van der Waals surface area contributed by atoms with Gasteiger partial charge < -0.3 is 15.2 Å². The zero-order valence-corrected chi connectivity index (χ0v) is 20.2. The molecule has 11 heteroatoms. The van der Waals surface area contributed by atoms with E-state index >= 15 is 0 Å². The van der Waals surface area contributed by atoms with Crippen LogP contribution < -0.4 is 21.3 Å². The van der Waals surface area contributed by atoms with Crippen LogP contribution in [0.2, 0.25) is 5.02 Å². The molecule has 0 spiro atoms. The summed E-state index contributed by atoms with van der Waals surface area (Å²) in [5.74, 6) is -0.0179. The van der Waals surface area contributed by atoms with Crippen molar-refractivity contribution in [3.63, 3.8) is 0 Å². The smallest absolute Gasteiger partial charge is 0.332 e. The zero-order valence-electron chi connectivity index (χ0n) is 19.5. The van der Waals surface area contributed by atoms with Crippen molar-refractivity contribution in [3.05, 3.63) is 92.6 Å². The van der Waals surface area contributed by atoms with Crippen LogP contribution in [-0.2, 0) is 24.9 Å². The molecule has 2 N–H and O–H groups in total. The van der Waals surface area contributed by atoms with E-state index in [9.17, 15) is 19.5 Å². The summed E-state index contributed by atoms with van der Waals surface area (Å²) in [5.41, 5.74) is 0.561. The summed E-state index contributed by atoms with van der Waals surface area (Å²) in [4.78, 5) is 42.4. The summed E-state index contributed by atoms with van der Waals surface area (Å²) in [6, 6.07) is 13.8. The van der Waals surface area contributed by atoms with E-state index in [0.29, 0.717) is 16.5 Å². The number of aryl methyl sites for hydroxylation is 1. The molecule has 0 bridgehead atoms. The van der Waals surface area contributed by atoms with Crippen LogP contribution in [-0.4, -0.2) is 36.3 Å². The van der Waals surface area contributed by atoms with Crippen LogP contribution in [0.5, 0.6) is 11.8 Å². The number of aliphatic hydroxyl groups is 1. The molecule has 0 saturated carbocycles. The molecule has 36 heavy (non-hydrogen) atoms. The highest BCUT2D eigenvalue weighted by Crippen LogP contribution is 2.27. The van der Waals surface area contributed by atoms with Crippen molar-refractivity contribution in [1.82, 2.24) is 18.7 Å². The third-order valence-corrected chi connectivity index (χ3v) is 5.74. The first-order chi connectivity index (χ1) is 17.3. The Bertz CT molecular complexity index is 1550. The first-order valence-electron chi connectivity index (χ1n) is 11.1. The van der Waals surface area contributed by atoms with E-state index in [2.05, 4.69) is 16.9 Å². The van der Waals surface area contributed by atoms with Crippen LogP contribution >= 0.6 is 11.6 Å². The molecule has 2 aromatic carbocycles. The highest BCUT2D eigenvalue weighted by molar-refractivity contribution is 6.30. The van der Waals surface area contributed by atoms with Crippen molar-refractivity contribution in [3.8, 4) is 11.8 Å². The number of carbonyl (C=O) groups excluding carboxylic acids is 1. The summed E-state index contributed by atoms with van der Waals surface area (Å²) in [6.07, 6.45) is 1.40. The van der Waals surface area contributed by atoms with Gasteiger partial charge in [-0.25, -0.2) is 4.79 Å². The second kappa shape index (κ2) is 10.6. The Morgan fingerprint density at radius 2 is 1.94 bits per heavy atom. The minimum atomic E-state index is -0.544. The number of benzene rings is 2. The summed E-state index contributed by atoms with van der Waals surface area (Å²) in [5, 5.41) is 12.4. The van der Waals surface area contributed by atoms with Crippen LogP contribution in [0, 0.1) is 0 Å². The first-order valence-corrected chi connectivity index (χ1v) is 11.5. The van der Waals surface area contributed by atoms with E-state index in [1.54, 1.807) is 41.0 Å². The maximum Gasteiger partial charge on any atom is 0.332 e. The van der Waals surface area contributed by atoms with Gasteiger partial charge >= 0.3 is 11.7 Å². The van der Waals surface area contributed by atoms with Crippen LogP contribution in [0.15, 0.2) is 70.8 Å². The van der Waals surface area contributed by atoms with Gasteiger partial charge in [-0.1, -0.05) is 36.4 Å². The first kappa shape index (κ1) is 25.0. The largest absolute Gasteiger partial charge is 0.425 e. The van der Waals surface area contributed by atoms with Gasteiger partial charge in [0.15, 0.2) is 11.2 Å². The fourth-order valence-electron chi connectivity index (χ4n) is 3.71. The van der Waals surface area contributed by atoms with Gasteiger partial charge in [0, 0.05) is 37.0 Å². The summed E-state index contributed by atoms with van der Waals surface area (Å²) in [6.45, 7) is 3.55. The van der Waals surface area contributed by atoms with Crippen molar-refractivity contribution >= 4 is 34.4 Å². The maximum absolute atomic E-state index is 13.4. The fraction of sp³-hybridized carbons (Fsp3) is 0.200. The number of rotatable bonds is 9. The van der Waals surface area contributed by atoms with Crippen LogP contribution in [0.25, 0.3) is 11.2 Å². The maximum atomic E-state index is 13.4. The van der Waals surface area contributed by atoms with Crippen molar-refractivity contribution in [2.75, 3.05) is 11.9 Å². The molecule has 186 valence electrons. The minimum Gasteiger partial charge on any atom is -0.425 e. The number of anilines is 1. The number of carbonyl (C=O) groups is 1. The zero-order chi connectivity index (χ0) is 25.8. The molecule has 0 aliphatic carbocycles. The topological polar surface area (TPSA) is 120 Å². The Morgan fingerprint density at radius 1 is 1.19 bits per heavy atom. The van der Waals surface area contributed by atoms with Crippen molar-refractivity contribution in [2.45, 2.75) is 19.5 Å². The molecule has 0 aliphatic rings. The van der Waals surface area contributed by atoms with E-state index < -0.39 is 11.2 Å². The number of aromatic nitrogens is 4. The highest BCUT2D eigenvalue weighted by atomic mass is 35.5. The van der Waals surface area contributed by atoms with Crippen LogP contribution in [0.1, 0.15) is 12.0 Å². The second-order valence-electron chi connectivity index (χ2n) is 7.98. The summed E-state index contributed by atoms with van der Waals surface area (Å²) >= 11 is 6.03. The predicted octanol–water partition coefficient (Wildman–Crippen LogP) is 2.90. The molecule has 4 aromatic rings. The van der Waals surface area contributed by atoms with Crippen molar-refractivity contribution in [2.24, 2.45) is 7.05 Å². The Morgan fingerprint density at radius 3 is 2.64 bits per heavy atom. The number of ether oxygens (including phenoxy) is 1. The Labute approximate surface area is 210 Å². The lowest BCUT2D eigenvalue weighted by Gasteiger charge is -2.12. The Hall–Kier alpha value is -4.15. The van der Waals surface area contributed by atoms with Crippen LogP contribution in [0.4, 0.5) is 5.69 Å². The normalized spacial score (nSPS) is 11.0. The standard InChI is InChI=1S/C25H24ClN5O5/c1-3-20(33)27-18-6-4-7-19(14-18)36-24-28-22-21(31(24)15-16-8-10-17(26)11-9-16)23(34)30(12-5-13-32)25(35)29(22)2/h3-4,6-11,14,32H,1,5,12-13,15H2,2H3,(H,27,33). The molecule has 0 saturated heterocycles. The van der Waals surface area contributed by atoms with Crippen molar-refractivity contribution < 1.29 is 14.6 Å². The average Bonchev–Trinajstić information content (AvgIpc) is 3.22. The molecule has 10 nitrogen and oxygen atoms in total. The quantitative estimate of drug-likeness (QED) is 0.335. The minimum absolute atomic E-state index is 0.0608. The SMILES string of the molecule is C=CC(=O)Nc1cccc(Oc2nc3c(c(=O)n(CCCO)c(=O)n3C)n2Cc2ccc(Cl)cc2)c1. The average molecular weight is 510 g/mol. The van der Waals surface area contributed by atoms with Gasteiger partial charge in [0.05, 0.1) is 6.54 Å². The number of aliphatic hydroxyl groups excluding tert-OH is 1. The molecule has 1 amide bonds. The van der Waals surface area contributed by atoms with Gasteiger partial charge in [-0.3, -0.25) is 23.3 Å². The molecule has 2 aromatic heterocycles. The second-order valence-corrected chi connectivity index (χ2v) is 8.41. The molecule has 0 aliphatic heterocycles. The number of fused-ring (bicyclic) bond motifs is 1. The molecule has 4 rings (SSSR count). The number of nitrogens with zero attached hydrogens (tertiary/aromatic N) is 4. The van der Waals surface area contributed by atoms with Gasteiger partial charge in [-0.05, 0) is 42.3 Å². The molecule has 0 radical (unpaired) electrons. The monoisotopic (exact) mass is 509 g/mol. The molecule has 0 atom stereocenters. The number of halogens is 1. The van der Waals surface area contributed by atoms with E-state index in [1.807, 2.05) is 12.1 Å².